The summed E-state index contributed by atoms with van der Waals surface area (Å²) < 4.78 is 38.7. The minimum atomic E-state index is -4.62. The molecule has 22 heavy (non-hydrogen) atoms. The molecule has 1 heterocycles. The number of carbonyl (C=O) groups excluding carboxylic acids is 1. The molecule has 0 aromatic heterocycles. The van der Waals surface area contributed by atoms with Crippen molar-refractivity contribution < 1.29 is 27.9 Å². The summed E-state index contributed by atoms with van der Waals surface area (Å²) in [5.74, 6) is -5.12. The fourth-order valence-electron chi connectivity index (χ4n) is 3.39. The number of alkyl halides is 3. The first-order valence-corrected chi connectivity index (χ1v) is 7.37. The van der Waals surface area contributed by atoms with Gasteiger partial charge in [-0.25, -0.2) is 4.79 Å². The van der Waals surface area contributed by atoms with Crippen LogP contribution in [0.1, 0.15) is 33.1 Å². The lowest BCUT2D eigenvalue weighted by Crippen LogP contribution is -2.48. The molecule has 0 aromatic carbocycles. The van der Waals surface area contributed by atoms with Crippen molar-refractivity contribution in [2.24, 2.45) is 17.3 Å². The molecule has 2 amide bonds. The van der Waals surface area contributed by atoms with Gasteiger partial charge >= 0.3 is 18.2 Å². The normalized spacial score (nSPS) is 31.3. The maximum absolute atomic E-state index is 12.9. The molecule has 1 aliphatic heterocycles. The average Bonchev–Trinajstić information content (AvgIpc) is 2.93. The summed E-state index contributed by atoms with van der Waals surface area (Å²) in [7, 11) is 0. The molecular formula is C14H21F3N2O3. The molecule has 1 saturated heterocycles. The minimum absolute atomic E-state index is 0.0896. The molecular weight excluding hydrogens is 301 g/mol. The molecule has 2 fully saturated rings. The molecule has 1 saturated carbocycles. The van der Waals surface area contributed by atoms with E-state index >= 15 is 0 Å². The van der Waals surface area contributed by atoms with Gasteiger partial charge in [0.25, 0.3) is 0 Å². The SMILES string of the molecule is CC1(C)CCCC1NC(=O)N1C[C@@H](C(F)(F)F)[C@H](C(=O)O)C1. The van der Waals surface area contributed by atoms with Crippen molar-refractivity contribution in [1.82, 2.24) is 10.2 Å². The van der Waals surface area contributed by atoms with Gasteiger partial charge in [-0.05, 0) is 18.3 Å². The van der Waals surface area contributed by atoms with E-state index in [9.17, 15) is 22.8 Å². The largest absolute Gasteiger partial charge is 0.481 e. The Morgan fingerprint density at radius 2 is 1.91 bits per heavy atom. The highest BCUT2D eigenvalue weighted by Crippen LogP contribution is 2.39. The second-order valence-electron chi connectivity index (χ2n) is 6.88. The Labute approximate surface area is 126 Å². The number of likely N-dealkylation sites (tertiary alicyclic amines) is 1. The van der Waals surface area contributed by atoms with Crippen LogP contribution in [0.5, 0.6) is 0 Å². The summed E-state index contributed by atoms with van der Waals surface area (Å²) >= 11 is 0. The van der Waals surface area contributed by atoms with E-state index in [-0.39, 0.29) is 11.5 Å². The highest BCUT2D eigenvalue weighted by Gasteiger charge is 2.53. The van der Waals surface area contributed by atoms with E-state index in [1.807, 2.05) is 13.8 Å². The predicted molar refractivity (Wildman–Crippen MR) is 72.2 cm³/mol. The topological polar surface area (TPSA) is 69.6 Å². The summed E-state index contributed by atoms with van der Waals surface area (Å²) in [5, 5.41) is 11.7. The first-order valence-electron chi connectivity index (χ1n) is 7.37. The zero-order chi connectivity index (χ0) is 16.7. The van der Waals surface area contributed by atoms with E-state index in [0.717, 1.165) is 24.2 Å². The van der Waals surface area contributed by atoms with Crippen molar-refractivity contribution in [2.45, 2.75) is 45.3 Å². The lowest BCUT2D eigenvalue weighted by Gasteiger charge is -2.30. The molecule has 8 heteroatoms. The number of aliphatic carboxylic acids is 1. The zero-order valence-electron chi connectivity index (χ0n) is 12.6. The third-order valence-corrected chi connectivity index (χ3v) is 4.90. The van der Waals surface area contributed by atoms with Gasteiger partial charge in [-0.1, -0.05) is 20.3 Å². The molecule has 126 valence electrons. The van der Waals surface area contributed by atoms with Crippen LogP contribution in [0.4, 0.5) is 18.0 Å². The Bertz CT molecular complexity index is 465. The van der Waals surface area contributed by atoms with Crippen LogP contribution in [0.3, 0.4) is 0 Å². The number of carbonyl (C=O) groups is 2. The fraction of sp³-hybridized carbons (Fsp3) is 0.857. The van der Waals surface area contributed by atoms with Gasteiger partial charge in [0.05, 0.1) is 11.8 Å². The summed E-state index contributed by atoms with van der Waals surface area (Å²) in [4.78, 5) is 24.2. The van der Waals surface area contributed by atoms with Crippen molar-refractivity contribution >= 4 is 12.0 Å². The van der Waals surface area contributed by atoms with E-state index in [4.69, 9.17) is 5.11 Å². The van der Waals surface area contributed by atoms with Crippen molar-refractivity contribution in [1.29, 1.82) is 0 Å². The van der Waals surface area contributed by atoms with Crippen LogP contribution in [0, 0.1) is 17.3 Å². The lowest BCUT2D eigenvalue weighted by molar-refractivity contribution is -0.187. The Balaban J connectivity index is 2.04. The van der Waals surface area contributed by atoms with Crippen LogP contribution in [-0.4, -0.2) is 47.3 Å². The van der Waals surface area contributed by atoms with Crippen LogP contribution in [0.25, 0.3) is 0 Å². The highest BCUT2D eigenvalue weighted by molar-refractivity contribution is 5.78. The number of hydrogen-bond acceptors (Lipinski definition) is 2. The molecule has 2 N–H and O–H groups in total. The predicted octanol–water partition coefficient (Wildman–Crippen LogP) is 2.47. The zero-order valence-corrected chi connectivity index (χ0v) is 12.6. The molecule has 1 unspecified atom stereocenters. The molecule has 2 rings (SSSR count). The van der Waals surface area contributed by atoms with Gasteiger partial charge in [0.2, 0.25) is 0 Å². The summed E-state index contributed by atoms with van der Waals surface area (Å²) in [6.07, 6.45) is -1.93. The van der Waals surface area contributed by atoms with Crippen LogP contribution in [-0.2, 0) is 4.79 Å². The standard InChI is InChI=1S/C14H21F3N2O3/c1-13(2)5-3-4-10(13)18-12(22)19-6-8(11(20)21)9(7-19)14(15,16)17/h8-10H,3-7H2,1-2H3,(H,18,22)(H,20,21)/t8-,9-,10?/m1/s1. The first-order chi connectivity index (χ1) is 10.0. The molecule has 0 aromatic rings. The number of nitrogens with one attached hydrogen (secondary N) is 1. The second-order valence-corrected chi connectivity index (χ2v) is 6.88. The second kappa shape index (κ2) is 5.62. The number of rotatable bonds is 2. The van der Waals surface area contributed by atoms with Crippen molar-refractivity contribution in [3.63, 3.8) is 0 Å². The quantitative estimate of drug-likeness (QED) is 0.820. The van der Waals surface area contributed by atoms with Gasteiger partial charge in [-0.3, -0.25) is 4.79 Å². The molecule has 0 bridgehead atoms. The Morgan fingerprint density at radius 1 is 1.27 bits per heavy atom. The van der Waals surface area contributed by atoms with Crippen molar-refractivity contribution in [2.75, 3.05) is 13.1 Å². The number of nitrogens with zero attached hydrogens (tertiary/aromatic N) is 1. The fourth-order valence-corrected chi connectivity index (χ4v) is 3.39. The molecule has 5 nitrogen and oxygen atoms in total. The van der Waals surface area contributed by atoms with Gasteiger partial charge in [0, 0.05) is 19.1 Å². The van der Waals surface area contributed by atoms with E-state index in [2.05, 4.69) is 5.32 Å². The number of carboxylic acid groups (broad SMARTS) is 1. The highest BCUT2D eigenvalue weighted by atomic mass is 19.4. The Morgan fingerprint density at radius 3 is 2.32 bits per heavy atom. The number of urea groups is 1. The van der Waals surface area contributed by atoms with Crippen LogP contribution in [0.2, 0.25) is 0 Å². The minimum Gasteiger partial charge on any atom is -0.481 e. The van der Waals surface area contributed by atoms with E-state index in [1.165, 1.54) is 0 Å². The average molecular weight is 322 g/mol. The van der Waals surface area contributed by atoms with E-state index in [0.29, 0.717) is 0 Å². The maximum Gasteiger partial charge on any atom is 0.394 e. The molecule has 3 atom stereocenters. The first kappa shape index (κ1) is 16.9. The third-order valence-electron chi connectivity index (χ3n) is 4.90. The molecule has 1 aliphatic carbocycles. The number of halogens is 3. The number of carboxylic acids is 1. The molecule has 0 spiro atoms. The van der Waals surface area contributed by atoms with Gasteiger partial charge in [0.15, 0.2) is 0 Å². The Hall–Kier alpha value is -1.47. The van der Waals surface area contributed by atoms with Crippen LogP contribution in [0.15, 0.2) is 0 Å². The van der Waals surface area contributed by atoms with Gasteiger partial charge in [0.1, 0.15) is 0 Å². The third kappa shape index (κ3) is 3.30. The van der Waals surface area contributed by atoms with Crippen molar-refractivity contribution in [3.8, 4) is 0 Å². The lowest BCUT2D eigenvalue weighted by atomic mass is 9.87. The Kier molecular flexibility index (Phi) is 4.32. The van der Waals surface area contributed by atoms with Gasteiger partial charge < -0.3 is 15.3 Å². The number of hydrogen-bond donors (Lipinski definition) is 2. The molecule has 0 radical (unpaired) electrons. The maximum atomic E-state index is 12.9. The molecule has 2 aliphatic rings. The van der Waals surface area contributed by atoms with Crippen LogP contribution < -0.4 is 5.32 Å². The summed E-state index contributed by atoms with van der Waals surface area (Å²) in [6.45, 7) is 3.01. The summed E-state index contributed by atoms with van der Waals surface area (Å²) in [5.41, 5.74) is -0.0922. The van der Waals surface area contributed by atoms with Gasteiger partial charge in [-0.15, -0.1) is 0 Å². The van der Waals surface area contributed by atoms with E-state index < -0.39 is 43.1 Å². The summed E-state index contributed by atoms with van der Waals surface area (Å²) in [6, 6.07) is -0.689. The van der Waals surface area contributed by atoms with Gasteiger partial charge in [-0.2, -0.15) is 13.2 Å². The van der Waals surface area contributed by atoms with E-state index in [1.54, 1.807) is 0 Å². The monoisotopic (exact) mass is 322 g/mol. The number of amides is 2. The van der Waals surface area contributed by atoms with Crippen LogP contribution >= 0.6 is 0 Å². The van der Waals surface area contributed by atoms with Crippen molar-refractivity contribution in [3.05, 3.63) is 0 Å². The smallest absolute Gasteiger partial charge is 0.394 e.